The van der Waals surface area contributed by atoms with Gasteiger partial charge in [0.05, 0.1) is 17.9 Å². The van der Waals surface area contributed by atoms with Gasteiger partial charge in [-0.25, -0.2) is 18.7 Å². The van der Waals surface area contributed by atoms with Crippen molar-refractivity contribution in [2.45, 2.75) is 50.6 Å². The third-order valence-electron chi connectivity index (χ3n) is 5.54. The fourth-order valence-electron chi connectivity index (χ4n) is 3.87. The summed E-state index contributed by atoms with van der Waals surface area (Å²) in [6, 6.07) is 6.04. The van der Waals surface area contributed by atoms with Gasteiger partial charge in [0.2, 0.25) is 5.91 Å². The molecule has 0 radical (unpaired) electrons. The molecular weight excluding hydrogens is 388 g/mol. The molecule has 1 amide bonds. The van der Waals surface area contributed by atoms with Gasteiger partial charge in [-0.1, -0.05) is 6.07 Å². The van der Waals surface area contributed by atoms with Gasteiger partial charge in [0, 0.05) is 30.4 Å². The first-order chi connectivity index (χ1) is 14.6. The zero-order valence-corrected chi connectivity index (χ0v) is 16.5. The van der Waals surface area contributed by atoms with Gasteiger partial charge in [-0.05, 0) is 55.9 Å². The van der Waals surface area contributed by atoms with E-state index >= 15 is 0 Å². The van der Waals surface area contributed by atoms with Crippen molar-refractivity contribution >= 4 is 5.91 Å². The van der Waals surface area contributed by atoms with Gasteiger partial charge in [-0.15, -0.1) is 0 Å². The third kappa shape index (κ3) is 4.87. The quantitative estimate of drug-likeness (QED) is 0.669. The maximum Gasteiger partial charge on any atom is 0.220 e. The molecule has 0 atom stereocenters. The molecule has 0 spiro atoms. The van der Waals surface area contributed by atoms with E-state index in [1.165, 1.54) is 12.4 Å². The summed E-state index contributed by atoms with van der Waals surface area (Å²) in [4.78, 5) is 20.4. The first-order valence-corrected chi connectivity index (χ1v) is 10.1. The van der Waals surface area contributed by atoms with E-state index in [4.69, 9.17) is 0 Å². The summed E-state index contributed by atoms with van der Waals surface area (Å²) >= 11 is 0. The normalized spacial score (nSPS) is 18.9. The Hall–Kier alpha value is -3.16. The molecule has 0 aliphatic heterocycles. The van der Waals surface area contributed by atoms with Crippen LogP contribution < -0.4 is 5.32 Å². The van der Waals surface area contributed by atoms with Crippen LogP contribution in [-0.4, -0.2) is 31.7 Å². The van der Waals surface area contributed by atoms with Crippen LogP contribution in [0.25, 0.3) is 11.3 Å². The van der Waals surface area contributed by atoms with E-state index in [2.05, 4.69) is 20.4 Å². The van der Waals surface area contributed by atoms with Gasteiger partial charge >= 0.3 is 0 Å². The number of nitrogens with one attached hydrogen (secondary N) is 1. The summed E-state index contributed by atoms with van der Waals surface area (Å²) in [5.74, 6) is -1.82. The van der Waals surface area contributed by atoms with Crippen molar-refractivity contribution < 1.29 is 13.6 Å². The molecular formula is C22H23F2N5O. The molecule has 30 heavy (non-hydrogen) atoms. The molecule has 1 aromatic carbocycles. The van der Waals surface area contributed by atoms with Crippen LogP contribution in [0.2, 0.25) is 0 Å². The molecule has 0 bridgehead atoms. The van der Waals surface area contributed by atoms with Crippen LogP contribution in [0.4, 0.5) is 8.78 Å². The Morgan fingerprint density at radius 1 is 1.13 bits per heavy atom. The van der Waals surface area contributed by atoms with Crippen LogP contribution in [0, 0.1) is 11.6 Å². The maximum atomic E-state index is 13.3. The number of hydrogen-bond donors (Lipinski definition) is 1. The van der Waals surface area contributed by atoms with Gasteiger partial charge in [-0.3, -0.25) is 9.48 Å². The molecule has 1 aliphatic carbocycles. The predicted octanol–water partition coefficient (Wildman–Crippen LogP) is 3.85. The number of nitrogens with zero attached hydrogens (tertiary/aromatic N) is 4. The van der Waals surface area contributed by atoms with Crippen LogP contribution in [0.5, 0.6) is 0 Å². The van der Waals surface area contributed by atoms with Crippen molar-refractivity contribution in [3.63, 3.8) is 0 Å². The smallest absolute Gasteiger partial charge is 0.220 e. The van der Waals surface area contributed by atoms with Crippen molar-refractivity contribution in [2.75, 3.05) is 0 Å². The van der Waals surface area contributed by atoms with E-state index in [0.29, 0.717) is 18.0 Å². The summed E-state index contributed by atoms with van der Waals surface area (Å²) in [5.41, 5.74) is 2.43. The van der Waals surface area contributed by atoms with Crippen molar-refractivity contribution in [1.82, 2.24) is 25.1 Å². The second-order valence-electron chi connectivity index (χ2n) is 7.63. The Labute approximate surface area is 173 Å². The van der Waals surface area contributed by atoms with Crippen molar-refractivity contribution in [1.29, 1.82) is 0 Å². The summed E-state index contributed by atoms with van der Waals surface area (Å²) in [5, 5.41) is 7.55. The zero-order chi connectivity index (χ0) is 20.9. The standard InChI is InChI=1S/C22H23F2N5O/c23-19-7-1-15(11-20(19)24)2-8-22(30)28-17-3-5-18(6-4-17)29-13-16(12-27-29)21-9-10-25-14-26-21/h1,7,9-14,17-18H,2-6,8H2,(H,28,30). The maximum absolute atomic E-state index is 13.3. The lowest BCUT2D eigenvalue weighted by Gasteiger charge is -2.29. The van der Waals surface area contributed by atoms with Crippen molar-refractivity contribution in [3.8, 4) is 11.3 Å². The fourth-order valence-corrected chi connectivity index (χ4v) is 3.87. The highest BCUT2D eigenvalue weighted by molar-refractivity contribution is 5.76. The Kier molecular flexibility index (Phi) is 6.11. The number of aryl methyl sites for hydroxylation is 1. The van der Waals surface area contributed by atoms with Crippen LogP contribution in [0.1, 0.15) is 43.7 Å². The number of rotatable bonds is 6. The number of hydrogen-bond acceptors (Lipinski definition) is 4. The molecule has 1 saturated carbocycles. The highest BCUT2D eigenvalue weighted by atomic mass is 19.2. The molecule has 156 valence electrons. The SMILES string of the molecule is O=C(CCc1ccc(F)c(F)c1)NC1CCC(n2cc(-c3ccncn3)cn2)CC1. The number of benzene rings is 1. The van der Waals surface area contributed by atoms with E-state index in [1.54, 1.807) is 6.20 Å². The highest BCUT2D eigenvalue weighted by Crippen LogP contribution is 2.29. The summed E-state index contributed by atoms with van der Waals surface area (Å²) in [6.07, 6.45) is 11.3. The van der Waals surface area contributed by atoms with E-state index in [9.17, 15) is 13.6 Å². The predicted molar refractivity (Wildman–Crippen MR) is 107 cm³/mol. The second kappa shape index (κ2) is 9.11. The molecule has 1 N–H and O–H groups in total. The second-order valence-corrected chi connectivity index (χ2v) is 7.63. The summed E-state index contributed by atoms with van der Waals surface area (Å²) < 4.78 is 28.2. The summed E-state index contributed by atoms with van der Waals surface area (Å²) in [7, 11) is 0. The fraction of sp³-hybridized carbons (Fsp3) is 0.364. The number of halogens is 2. The lowest BCUT2D eigenvalue weighted by molar-refractivity contribution is -0.122. The van der Waals surface area contributed by atoms with Gasteiger partial charge < -0.3 is 5.32 Å². The van der Waals surface area contributed by atoms with E-state index in [0.717, 1.165) is 49.1 Å². The van der Waals surface area contributed by atoms with Crippen molar-refractivity contribution in [3.05, 3.63) is 66.4 Å². The minimum Gasteiger partial charge on any atom is -0.353 e. The minimum atomic E-state index is -0.882. The average Bonchev–Trinajstić information content (AvgIpc) is 3.26. The average molecular weight is 411 g/mol. The van der Waals surface area contributed by atoms with Gasteiger partial charge in [0.25, 0.3) is 0 Å². The van der Waals surface area contributed by atoms with Crippen LogP contribution in [0.15, 0.2) is 49.2 Å². The largest absolute Gasteiger partial charge is 0.353 e. The van der Waals surface area contributed by atoms with Crippen molar-refractivity contribution in [2.24, 2.45) is 0 Å². The molecule has 4 rings (SSSR count). The van der Waals surface area contributed by atoms with Crippen LogP contribution >= 0.6 is 0 Å². The number of amides is 1. The van der Waals surface area contributed by atoms with Gasteiger partial charge in [-0.2, -0.15) is 5.10 Å². The Morgan fingerprint density at radius 2 is 1.97 bits per heavy atom. The third-order valence-corrected chi connectivity index (χ3v) is 5.54. The molecule has 0 saturated heterocycles. The molecule has 3 aromatic rings. The summed E-state index contributed by atoms with van der Waals surface area (Å²) in [6.45, 7) is 0. The topological polar surface area (TPSA) is 72.7 Å². The monoisotopic (exact) mass is 411 g/mol. The zero-order valence-electron chi connectivity index (χ0n) is 16.5. The molecule has 0 unspecified atom stereocenters. The van der Waals surface area contributed by atoms with Gasteiger partial charge in [0.1, 0.15) is 6.33 Å². The first-order valence-electron chi connectivity index (χ1n) is 10.1. The van der Waals surface area contributed by atoms with E-state index in [-0.39, 0.29) is 18.4 Å². The first kappa shape index (κ1) is 20.1. The number of carbonyl (C=O) groups is 1. The minimum absolute atomic E-state index is 0.0617. The van der Waals surface area contributed by atoms with Crippen LogP contribution in [-0.2, 0) is 11.2 Å². The Balaban J connectivity index is 1.24. The lowest BCUT2D eigenvalue weighted by atomic mass is 9.91. The molecule has 8 heteroatoms. The number of aromatic nitrogens is 4. The Bertz CT molecular complexity index is 1000. The Morgan fingerprint density at radius 3 is 2.70 bits per heavy atom. The lowest BCUT2D eigenvalue weighted by Crippen LogP contribution is -2.38. The molecule has 2 heterocycles. The van der Waals surface area contributed by atoms with E-state index in [1.807, 2.05) is 23.1 Å². The van der Waals surface area contributed by atoms with E-state index < -0.39 is 11.6 Å². The molecule has 1 aliphatic rings. The molecule has 1 fully saturated rings. The molecule has 2 aromatic heterocycles. The van der Waals surface area contributed by atoms with Gasteiger partial charge in [0.15, 0.2) is 11.6 Å². The highest BCUT2D eigenvalue weighted by Gasteiger charge is 2.24. The molecule has 6 nitrogen and oxygen atoms in total. The number of carbonyl (C=O) groups excluding carboxylic acids is 1. The van der Waals surface area contributed by atoms with Crippen LogP contribution in [0.3, 0.4) is 0 Å².